The number of aryl methyl sites for hydroxylation is 1. The number of amides is 1. The highest BCUT2D eigenvalue weighted by Gasteiger charge is 2.18. The number of morpholine rings is 1. The Hall–Kier alpha value is -2.73. The number of ether oxygens (including phenoxy) is 1. The smallest absolute Gasteiger partial charge is 0.242 e. The summed E-state index contributed by atoms with van der Waals surface area (Å²) in [5, 5.41) is 1.12. The van der Waals surface area contributed by atoms with Gasteiger partial charge in [-0.15, -0.1) is 0 Å². The Morgan fingerprint density at radius 2 is 1.96 bits per heavy atom. The molecule has 1 amide bonds. The zero-order chi connectivity index (χ0) is 17.2. The summed E-state index contributed by atoms with van der Waals surface area (Å²) in [5.74, 6) is 0.844. The van der Waals surface area contributed by atoms with Crippen LogP contribution in [0.4, 0.5) is 0 Å². The molecule has 1 fully saturated rings. The molecule has 0 saturated carbocycles. The SMILES string of the molecule is Cc1cn(CC(=O)N2CCOCC2)c2ccc(-c3ncccn3)cc12. The zero-order valence-electron chi connectivity index (χ0n) is 14.2. The third kappa shape index (κ3) is 3.13. The third-order valence-corrected chi connectivity index (χ3v) is 4.57. The molecule has 1 saturated heterocycles. The maximum Gasteiger partial charge on any atom is 0.242 e. The molecule has 1 aliphatic heterocycles. The van der Waals surface area contributed by atoms with Crippen LogP contribution in [0.3, 0.4) is 0 Å². The average Bonchev–Trinajstić information content (AvgIpc) is 2.98. The minimum absolute atomic E-state index is 0.135. The van der Waals surface area contributed by atoms with Gasteiger partial charge in [-0.05, 0) is 36.8 Å². The Morgan fingerprint density at radius 3 is 2.72 bits per heavy atom. The van der Waals surface area contributed by atoms with Gasteiger partial charge in [-0.1, -0.05) is 0 Å². The summed E-state index contributed by atoms with van der Waals surface area (Å²) in [7, 11) is 0. The van der Waals surface area contributed by atoms with Crippen LogP contribution in [-0.4, -0.2) is 51.6 Å². The highest BCUT2D eigenvalue weighted by Crippen LogP contribution is 2.26. The van der Waals surface area contributed by atoms with Crippen LogP contribution in [0.1, 0.15) is 5.56 Å². The van der Waals surface area contributed by atoms with E-state index >= 15 is 0 Å². The number of nitrogens with zero attached hydrogens (tertiary/aromatic N) is 4. The normalized spacial score (nSPS) is 14.8. The van der Waals surface area contributed by atoms with Gasteiger partial charge < -0.3 is 14.2 Å². The van der Waals surface area contributed by atoms with Crippen LogP contribution < -0.4 is 0 Å². The highest BCUT2D eigenvalue weighted by molar-refractivity contribution is 5.89. The number of rotatable bonds is 3. The molecule has 6 nitrogen and oxygen atoms in total. The van der Waals surface area contributed by atoms with Crippen LogP contribution in [0.15, 0.2) is 42.9 Å². The fourth-order valence-corrected chi connectivity index (χ4v) is 3.25. The fourth-order valence-electron chi connectivity index (χ4n) is 3.25. The van der Waals surface area contributed by atoms with Crippen LogP contribution in [0.2, 0.25) is 0 Å². The first kappa shape index (κ1) is 15.8. The Kier molecular flexibility index (Phi) is 4.19. The predicted octanol–water partition coefficient (Wildman–Crippen LogP) is 2.27. The van der Waals surface area contributed by atoms with E-state index in [9.17, 15) is 4.79 Å². The summed E-state index contributed by atoms with van der Waals surface area (Å²) < 4.78 is 7.34. The second-order valence-corrected chi connectivity index (χ2v) is 6.24. The van der Waals surface area contributed by atoms with E-state index in [2.05, 4.69) is 23.0 Å². The molecule has 3 heterocycles. The van der Waals surface area contributed by atoms with Crippen LogP contribution in [0.5, 0.6) is 0 Å². The Balaban J connectivity index is 1.63. The van der Waals surface area contributed by atoms with E-state index in [1.165, 1.54) is 0 Å². The van der Waals surface area contributed by atoms with Gasteiger partial charge in [0.2, 0.25) is 5.91 Å². The topological polar surface area (TPSA) is 60.2 Å². The van der Waals surface area contributed by atoms with Crippen molar-refractivity contribution in [1.29, 1.82) is 0 Å². The van der Waals surface area contributed by atoms with Crippen LogP contribution in [-0.2, 0) is 16.1 Å². The standard InChI is InChI=1S/C19H20N4O2/c1-14-12-23(13-18(24)22-7-9-25-10-8-22)17-4-3-15(11-16(14)17)19-20-5-2-6-21-19/h2-6,11-12H,7-10,13H2,1H3. The van der Waals surface area contributed by atoms with Gasteiger partial charge >= 0.3 is 0 Å². The maximum atomic E-state index is 12.5. The number of carbonyl (C=O) groups excluding carboxylic acids is 1. The molecular formula is C19H20N4O2. The fraction of sp³-hybridized carbons (Fsp3) is 0.316. The molecule has 0 aliphatic carbocycles. The molecule has 0 bridgehead atoms. The average molecular weight is 336 g/mol. The van der Waals surface area contributed by atoms with Crippen molar-refractivity contribution in [3.05, 3.63) is 48.4 Å². The molecule has 1 aliphatic rings. The van der Waals surface area contributed by atoms with Gasteiger partial charge in [-0.25, -0.2) is 9.97 Å². The van der Waals surface area contributed by atoms with Crippen molar-refractivity contribution < 1.29 is 9.53 Å². The maximum absolute atomic E-state index is 12.5. The predicted molar refractivity (Wildman–Crippen MR) is 95.1 cm³/mol. The molecule has 0 unspecified atom stereocenters. The summed E-state index contributed by atoms with van der Waals surface area (Å²) in [4.78, 5) is 23.0. The number of benzene rings is 1. The van der Waals surface area contributed by atoms with Crippen molar-refractivity contribution in [3.63, 3.8) is 0 Å². The van der Waals surface area contributed by atoms with Gasteiger partial charge in [-0.2, -0.15) is 0 Å². The first-order chi connectivity index (χ1) is 12.2. The molecule has 0 spiro atoms. The van der Waals surface area contributed by atoms with Crippen molar-refractivity contribution in [3.8, 4) is 11.4 Å². The quantitative estimate of drug-likeness (QED) is 0.736. The van der Waals surface area contributed by atoms with Gasteiger partial charge in [-0.3, -0.25) is 4.79 Å². The van der Waals surface area contributed by atoms with E-state index in [1.54, 1.807) is 18.5 Å². The van der Waals surface area contributed by atoms with E-state index in [1.807, 2.05) is 27.8 Å². The first-order valence-corrected chi connectivity index (χ1v) is 8.45. The third-order valence-electron chi connectivity index (χ3n) is 4.57. The minimum atomic E-state index is 0.135. The lowest BCUT2D eigenvalue weighted by atomic mass is 10.1. The van der Waals surface area contributed by atoms with Gasteiger partial charge in [0.05, 0.1) is 13.2 Å². The molecular weight excluding hydrogens is 316 g/mol. The second-order valence-electron chi connectivity index (χ2n) is 6.24. The van der Waals surface area contributed by atoms with Gasteiger partial charge in [0.15, 0.2) is 5.82 Å². The number of hydrogen-bond acceptors (Lipinski definition) is 4. The van der Waals surface area contributed by atoms with E-state index < -0.39 is 0 Å². The summed E-state index contributed by atoms with van der Waals surface area (Å²) in [6, 6.07) is 7.95. The molecule has 0 N–H and O–H groups in total. The van der Waals surface area contributed by atoms with Crippen molar-refractivity contribution in [1.82, 2.24) is 19.4 Å². The van der Waals surface area contributed by atoms with Crippen molar-refractivity contribution >= 4 is 16.8 Å². The molecule has 6 heteroatoms. The lowest BCUT2D eigenvalue weighted by molar-refractivity contribution is -0.135. The summed E-state index contributed by atoms with van der Waals surface area (Å²) in [6.07, 6.45) is 5.52. The zero-order valence-corrected chi connectivity index (χ0v) is 14.2. The van der Waals surface area contributed by atoms with E-state index in [-0.39, 0.29) is 5.91 Å². The second kappa shape index (κ2) is 6.64. The minimum Gasteiger partial charge on any atom is -0.378 e. The number of carbonyl (C=O) groups is 1. The van der Waals surface area contributed by atoms with E-state index in [0.29, 0.717) is 38.7 Å². The van der Waals surface area contributed by atoms with Gasteiger partial charge in [0.1, 0.15) is 6.54 Å². The molecule has 0 atom stereocenters. The van der Waals surface area contributed by atoms with Crippen molar-refractivity contribution in [2.24, 2.45) is 0 Å². The lowest BCUT2D eigenvalue weighted by Gasteiger charge is -2.27. The Labute approximate surface area is 146 Å². The molecule has 4 rings (SSSR count). The molecule has 2 aromatic heterocycles. The summed E-state index contributed by atoms with van der Waals surface area (Å²) in [6.45, 7) is 5.01. The number of fused-ring (bicyclic) bond motifs is 1. The summed E-state index contributed by atoms with van der Waals surface area (Å²) >= 11 is 0. The number of hydrogen-bond donors (Lipinski definition) is 0. The molecule has 0 radical (unpaired) electrons. The molecule has 1 aromatic carbocycles. The van der Waals surface area contributed by atoms with Gasteiger partial charge in [0, 0.05) is 48.1 Å². The van der Waals surface area contributed by atoms with Crippen LogP contribution in [0, 0.1) is 6.92 Å². The molecule has 3 aromatic rings. The Morgan fingerprint density at radius 1 is 1.20 bits per heavy atom. The van der Waals surface area contributed by atoms with Crippen LogP contribution >= 0.6 is 0 Å². The number of aromatic nitrogens is 3. The molecule has 128 valence electrons. The summed E-state index contributed by atoms with van der Waals surface area (Å²) in [5.41, 5.74) is 3.18. The van der Waals surface area contributed by atoms with Crippen molar-refractivity contribution in [2.45, 2.75) is 13.5 Å². The lowest BCUT2D eigenvalue weighted by Crippen LogP contribution is -2.42. The van der Waals surface area contributed by atoms with E-state index in [0.717, 1.165) is 22.0 Å². The molecule has 25 heavy (non-hydrogen) atoms. The van der Waals surface area contributed by atoms with Crippen LogP contribution in [0.25, 0.3) is 22.3 Å². The van der Waals surface area contributed by atoms with Gasteiger partial charge in [0.25, 0.3) is 0 Å². The first-order valence-electron chi connectivity index (χ1n) is 8.45. The van der Waals surface area contributed by atoms with E-state index in [4.69, 9.17) is 4.74 Å². The van der Waals surface area contributed by atoms with Crippen molar-refractivity contribution in [2.75, 3.05) is 26.3 Å². The largest absolute Gasteiger partial charge is 0.378 e. The Bertz CT molecular complexity index is 898. The highest BCUT2D eigenvalue weighted by atomic mass is 16.5. The monoisotopic (exact) mass is 336 g/mol.